The van der Waals surface area contributed by atoms with Gasteiger partial charge >= 0.3 is 5.97 Å². The summed E-state index contributed by atoms with van der Waals surface area (Å²) in [5.41, 5.74) is 1.00. The van der Waals surface area contributed by atoms with Gasteiger partial charge in [-0.3, -0.25) is 9.52 Å². The van der Waals surface area contributed by atoms with E-state index in [-0.39, 0.29) is 18.8 Å². The van der Waals surface area contributed by atoms with E-state index in [9.17, 15) is 13.2 Å². The van der Waals surface area contributed by atoms with Gasteiger partial charge < -0.3 is 28.8 Å². The first-order chi connectivity index (χ1) is 16.2. The van der Waals surface area contributed by atoms with E-state index in [1.54, 1.807) is 30.3 Å². The van der Waals surface area contributed by atoms with Crippen LogP contribution in [0.15, 0.2) is 36.5 Å². The molecule has 11 heteroatoms. The predicted molar refractivity (Wildman–Crippen MR) is 126 cm³/mol. The molecule has 0 bridgehead atoms. The first-order valence-electron chi connectivity index (χ1n) is 10.2. The Morgan fingerprint density at radius 1 is 0.941 bits per heavy atom. The monoisotopic (exact) mass is 495 g/mol. The fourth-order valence-electron chi connectivity index (χ4n) is 3.01. The van der Waals surface area contributed by atoms with Gasteiger partial charge in [0.2, 0.25) is 10.0 Å². The minimum atomic E-state index is -3.75. The predicted octanol–water partition coefficient (Wildman–Crippen LogP) is 3.05. The summed E-state index contributed by atoms with van der Waals surface area (Å²) >= 11 is 0. The molecular weight excluding hydrogens is 466 g/mol. The van der Waals surface area contributed by atoms with Gasteiger partial charge in [0.15, 0.2) is 11.5 Å². The molecule has 10 nitrogen and oxygen atoms in total. The SMILES string of the molecule is COc1cc(OC)c(/C=C/NS(=O)(=O)Cc2ccc(OC)c(OCCCC(=O)O)c2)c(OC)c1. The van der Waals surface area contributed by atoms with E-state index >= 15 is 0 Å². The fourth-order valence-corrected chi connectivity index (χ4v) is 3.99. The van der Waals surface area contributed by atoms with Crippen LogP contribution in [-0.2, 0) is 20.6 Å². The standard InChI is InChI=1S/C23H29NO9S/c1-29-17-13-20(31-3)18(21(14-17)32-4)9-10-24-34(27,28)15-16-7-8-19(30-2)22(12-16)33-11-5-6-23(25)26/h7-10,12-14,24H,5-6,11,15H2,1-4H3,(H,25,26)/b10-9+. The number of aliphatic carboxylic acids is 1. The zero-order chi connectivity index (χ0) is 25.1. The normalized spacial score (nSPS) is 11.2. The van der Waals surface area contributed by atoms with E-state index in [1.165, 1.54) is 40.7 Å². The molecule has 0 unspecified atom stereocenters. The topological polar surface area (TPSA) is 130 Å². The summed E-state index contributed by atoms with van der Waals surface area (Å²) in [6.45, 7) is 0.158. The van der Waals surface area contributed by atoms with Crippen LogP contribution in [0.5, 0.6) is 28.7 Å². The maximum absolute atomic E-state index is 12.6. The minimum Gasteiger partial charge on any atom is -0.496 e. The molecule has 34 heavy (non-hydrogen) atoms. The highest BCUT2D eigenvalue weighted by atomic mass is 32.2. The Kier molecular flexibility index (Phi) is 9.87. The second-order valence-corrected chi connectivity index (χ2v) is 8.74. The van der Waals surface area contributed by atoms with Crippen LogP contribution in [0.4, 0.5) is 0 Å². The van der Waals surface area contributed by atoms with Crippen LogP contribution >= 0.6 is 0 Å². The van der Waals surface area contributed by atoms with Crippen molar-refractivity contribution in [3.05, 3.63) is 47.7 Å². The van der Waals surface area contributed by atoms with Crippen LogP contribution in [0.25, 0.3) is 6.08 Å². The molecule has 0 radical (unpaired) electrons. The number of benzene rings is 2. The largest absolute Gasteiger partial charge is 0.496 e. The zero-order valence-electron chi connectivity index (χ0n) is 19.5. The Morgan fingerprint density at radius 3 is 2.15 bits per heavy atom. The summed E-state index contributed by atoms with van der Waals surface area (Å²) in [4.78, 5) is 10.6. The molecule has 0 amide bonds. The molecule has 2 aromatic rings. The lowest BCUT2D eigenvalue weighted by molar-refractivity contribution is -0.137. The first-order valence-corrected chi connectivity index (χ1v) is 11.9. The summed E-state index contributed by atoms with van der Waals surface area (Å²) < 4.78 is 54.4. The maximum Gasteiger partial charge on any atom is 0.303 e. The molecule has 0 aliphatic heterocycles. The van der Waals surface area contributed by atoms with Crippen molar-refractivity contribution >= 4 is 22.1 Å². The lowest BCUT2D eigenvalue weighted by Gasteiger charge is -2.13. The molecule has 2 aromatic carbocycles. The highest BCUT2D eigenvalue weighted by molar-refractivity contribution is 7.88. The van der Waals surface area contributed by atoms with E-state index in [4.69, 9.17) is 28.8 Å². The van der Waals surface area contributed by atoms with Crippen LogP contribution in [0.1, 0.15) is 24.0 Å². The second-order valence-electron chi connectivity index (χ2n) is 6.99. The van der Waals surface area contributed by atoms with Gasteiger partial charge in [0, 0.05) is 24.8 Å². The Balaban J connectivity index is 2.13. The Morgan fingerprint density at radius 2 is 1.59 bits per heavy atom. The number of carboxylic acids is 1. The van der Waals surface area contributed by atoms with Crippen molar-refractivity contribution in [1.29, 1.82) is 0 Å². The van der Waals surface area contributed by atoms with Gasteiger partial charge in [0.25, 0.3) is 0 Å². The van der Waals surface area contributed by atoms with Gasteiger partial charge in [-0.05, 0) is 30.2 Å². The van der Waals surface area contributed by atoms with Gasteiger partial charge in [0.05, 0.1) is 46.4 Å². The number of sulfonamides is 1. The van der Waals surface area contributed by atoms with E-state index in [0.29, 0.717) is 46.3 Å². The lowest BCUT2D eigenvalue weighted by atomic mass is 10.1. The van der Waals surface area contributed by atoms with Gasteiger partial charge in [-0.15, -0.1) is 0 Å². The fraction of sp³-hybridized carbons (Fsp3) is 0.348. The number of rotatable bonds is 14. The van der Waals surface area contributed by atoms with Gasteiger partial charge in [-0.2, -0.15) is 0 Å². The summed E-state index contributed by atoms with van der Waals surface area (Å²) in [5, 5.41) is 8.73. The number of hydrogen-bond acceptors (Lipinski definition) is 8. The molecule has 0 saturated heterocycles. The van der Waals surface area contributed by atoms with Crippen LogP contribution in [0, 0.1) is 0 Å². The van der Waals surface area contributed by atoms with Crippen LogP contribution in [0.2, 0.25) is 0 Å². The second kappa shape index (κ2) is 12.6. The number of ether oxygens (including phenoxy) is 5. The minimum absolute atomic E-state index is 0.0313. The van der Waals surface area contributed by atoms with Crippen LogP contribution in [-0.4, -0.2) is 54.5 Å². The third kappa shape index (κ3) is 7.77. The van der Waals surface area contributed by atoms with E-state index in [0.717, 1.165) is 0 Å². The molecule has 0 spiro atoms. The molecule has 2 N–H and O–H groups in total. The highest BCUT2D eigenvalue weighted by Gasteiger charge is 2.14. The van der Waals surface area contributed by atoms with E-state index in [2.05, 4.69) is 4.72 Å². The number of carboxylic acid groups (broad SMARTS) is 1. The average Bonchev–Trinajstić information content (AvgIpc) is 2.81. The van der Waals surface area contributed by atoms with E-state index < -0.39 is 16.0 Å². The van der Waals surface area contributed by atoms with Crippen molar-refractivity contribution in [2.75, 3.05) is 35.0 Å². The van der Waals surface area contributed by atoms with Crippen molar-refractivity contribution in [2.24, 2.45) is 0 Å². The highest BCUT2D eigenvalue weighted by Crippen LogP contribution is 2.35. The summed E-state index contributed by atoms with van der Waals surface area (Å²) in [5.74, 6) is 0.958. The number of carbonyl (C=O) groups is 1. The molecule has 0 aliphatic rings. The summed E-state index contributed by atoms with van der Waals surface area (Å²) in [6.07, 6.45) is 3.09. The summed E-state index contributed by atoms with van der Waals surface area (Å²) in [6, 6.07) is 8.08. The molecule has 0 aliphatic carbocycles. The van der Waals surface area contributed by atoms with Crippen molar-refractivity contribution in [3.63, 3.8) is 0 Å². The maximum atomic E-state index is 12.6. The van der Waals surface area contributed by atoms with Gasteiger partial charge in [0.1, 0.15) is 17.2 Å². The van der Waals surface area contributed by atoms with Crippen LogP contribution < -0.4 is 28.4 Å². The molecule has 0 saturated carbocycles. The lowest BCUT2D eigenvalue weighted by Crippen LogP contribution is -2.19. The first kappa shape index (κ1) is 26.7. The number of nitrogens with one attached hydrogen (secondary N) is 1. The Bertz CT molecular complexity index is 1090. The number of hydrogen-bond donors (Lipinski definition) is 2. The zero-order valence-corrected chi connectivity index (χ0v) is 20.3. The molecule has 0 aromatic heterocycles. The Hall–Kier alpha value is -3.60. The summed E-state index contributed by atoms with van der Waals surface area (Å²) in [7, 11) is 2.21. The van der Waals surface area contributed by atoms with Crippen molar-refractivity contribution < 1.29 is 42.0 Å². The van der Waals surface area contributed by atoms with Crippen LogP contribution in [0.3, 0.4) is 0 Å². The molecule has 0 heterocycles. The quantitative estimate of drug-likeness (QED) is 0.380. The average molecular weight is 496 g/mol. The smallest absolute Gasteiger partial charge is 0.303 e. The number of methoxy groups -OCH3 is 4. The van der Waals surface area contributed by atoms with Crippen molar-refractivity contribution in [1.82, 2.24) is 4.72 Å². The van der Waals surface area contributed by atoms with Gasteiger partial charge in [-0.25, -0.2) is 8.42 Å². The van der Waals surface area contributed by atoms with E-state index in [1.807, 2.05) is 0 Å². The van der Waals surface area contributed by atoms with Gasteiger partial charge in [-0.1, -0.05) is 6.07 Å². The van der Waals surface area contributed by atoms with Crippen molar-refractivity contribution in [2.45, 2.75) is 18.6 Å². The third-order valence-corrected chi connectivity index (χ3v) is 5.84. The Labute approximate surface area is 199 Å². The molecular formula is C23H29NO9S. The third-order valence-electron chi connectivity index (χ3n) is 4.63. The molecule has 0 atom stereocenters. The molecule has 2 rings (SSSR count). The van der Waals surface area contributed by atoms with Crippen molar-refractivity contribution in [3.8, 4) is 28.7 Å². The molecule has 0 fully saturated rings. The molecule has 186 valence electrons.